The van der Waals surface area contributed by atoms with Gasteiger partial charge in [0.2, 0.25) is 0 Å². The van der Waals surface area contributed by atoms with Gasteiger partial charge in [-0.25, -0.2) is 12.8 Å². The van der Waals surface area contributed by atoms with E-state index in [1.165, 1.54) is 6.07 Å². The van der Waals surface area contributed by atoms with E-state index in [-0.39, 0.29) is 10.6 Å². The van der Waals surface area contributed by atoms with Crippen LogP contribution in [0.25, 0.3) is 0 Å². The minimum absolute atomic E-state index is 0.165. The second-order valence-electron chi connectivity index (χ2n) is 5.11. The van der Waals surface area contributed by atoms with E-state index in [1.54, 1.807) is 39.0 Å². The Balaban J connectivity index is 2.48. The number of aryl methyl sites for hydroxylation is 3. The van der Waals surface area contributed by atoms with Crippen LogP contribution in [-0.2, 0) is 10.0 Å². The summed E-state index contributed by atoms with van der Waals surface area (Å²) in [4.78, 5) is 0.165. The van der Waals surface area contributed by atoms with Crippen molar-refractivity contribution < 1.29 is 12.8 Å². The minimum Gasteiger partial charge on any atom is -0.399 e. The Bertz CT molecular complexity index is 758. The topological polar surface area (TPSA) is 72.2 Å². The highest BCUT2D eigenvalue weighted by Gasteiger charge is 2.20. The number of benzene rings is 2. The van der Waals surface area contributed by atoms with E-state index in [4.69, 9.17) is 5.73 Å². The van der Waals surface area contributed by atoms with Gasteiger partial charge in [0.05, 0.1) is 10.6 Å². The van der Waals surface area contributed by atoms with Crippen LogP contribution in [0, 0.1) is 26.6 Å². The van der Waals surface area contributed by atoms with Crippen molar-refractivity contribution in [2.45, 2.75) is 25.7 Å². The van der Waals surface area contributed by atoms with Gasteiger partial charge in [-0.05, 0) is 67.8 Å². The molecule has 0 radical (unpaired) electrons. The van der Waals surface area contributed by atoms with E-state index in [0.717, 1.165) is 6.07 Å². The molecule has 0 unspecified atom stereocenters. The molecule has 4 nitrogen and oxygen atoms in total. The van der Waals surface area contributed by atoms with Crippen LogP contribution in [-0.4, -0.2) is 8.42 Å². The lowest BCUT2D eigenvalue weighted by Crippen LogP contribution is -2.16. The molecule has 0 amide bonds. The highest BCUT2D eigenvalue weighted by Crippen LogP contribution is 2.26. The summed E-state index contributed by atoms with van der Waals surface area (Å²) in [6.07, 6.45) is 0. The van der Waals surface area contributed by atoms with E-state index in [0.29, 0.717) is 22.4 Å². The summed E-state index contributed by atoms with van der Waals surface area (Å²) in [6.45, 7) is 5.05. The average molecular weight is 308 g/mol. The SMILES string of the molecule is Cc1cc(F)cc(NS(=O)(=O)c2c(C)cc(N)cc2C)c1. The molecule has 0 spiro atoms. The van der Waals surface area contributed by atoms with Crippen LogP contribution in [0.2, 0.25) is 0 Å². The zero-order valence-electron chi connectivity index (χ0n) is 12.1. The molecule has 2 aromatic carbocycles. The number of nitrogen functional groups attached to an aromatic ring is 1. The number of halogens is 1. The summed E-state index contributed by atoms with van der Waals surface area (Å²) >= 11 is 0. The van der Waals surface area contributed by atoms with Gasteiger partial charge in [0.25, 0.3) is 10.0 Å². The van der Waals surface area contributed by atoms with E-state index in [9.17, 15) is 12.8 Å². The van der Waals surface area contributed by atoms with Crippen molar-refractivity contribution in [3.63, 3.8) is 0 Å². The van der Waals surface area contributed by atoms with Crippen molar-refractivity contribution in [1.82, 2.24) is 0 Å². The van der Waals surface area contributed by atoms with Gasteiger partial charge in [0.15, 0.2) is 0 Å². The van der Waals surface area contributed by atoms with Gasteiger partial charge in [-0.3, -0.25) is 4.72 Å². The maximum Gasteiger partial charge on any atom is 0.262 e. The third-order valence-electron chi connectivity index (χ3n) is 3.05. The van der Waals surface area contributed by atoms with Crippen molar-refractivity contribution in [2.75, 3.05) is 10.5 Å². The van der Waals surface area contributed by atoms with Crippen molar-refractivity contribution >= 4 is 21.4 Å². The maximum absolute atomic E-state index is 13.4. The first-order chi connectivity index (χ1) is 9.69. The average Bonchev–Trinajstić information content (AvgIpc) is 2.23. The van der Waals surface area contributed by atoms with E-state index < -0.39 is 15.8 Å². The predicted molar refractivity (Wildman–Crippen MR) is 82.3 cm³/mol. The van der Waals surface area contributed by atoms with Crippen molar-refractivity contribution in [2.24, 2.45) is 0 Å². The van der Waals surface area contributed by atoms with E-state index in [1.807, 2.05) is 0 Å². The van der Waals surface area contributed by atoms with Crippen LogP contribution in [0.5, 0.6) is 0 Å². The number of rotatable bonds is 3. The monoisotopic (exact) mass is 308 g/mol. The number of nitrogens with two attached hydrogens (primary N) is 1. The molecule has 0 saturated heterocycles. The number of nitrogens with one attached hydrogen (secondary N) is 1. The summed E-state index contributed by atoms with van der Waals surface area (Å²) in [6, 6.07) is 7.24. The van der Waals surface area contributed by atoms with Crippen LogP contribution >= 0.6 is 0 Å². The molecule has 0 aromatic heterocycles. The van der Waals surface area contributed by atoms with Gasteiger partial charge in [-0.2, -0.15) is 0 Å². The molecule has 0 atom stereocenters. The van der Waals surface area contributed by atoms with Gasteiger partial charge in [-0.15, -0.1) is 0 Å². The Morgan fingerprint density at radius 3 is 2.10 bits per heavy atom. The van der Waals surface area contributed by atoms with E-state index in [2.05, 4.69) is 4.72 Å². The molecular weight excluding hydrogens is 291 g/mol. The first-order valence-corrected chi connectivity index (χ1v) is 7.84. The van der Waals surface area contributed by atoms with Crippen molar-refractivity contribution in [3.8, 4) is 0 Å². The molecular formula is C15H17FN2O2S. The summed E-state index contributed by atoms with van der Waals surface area (Å²) in [5, 5.41) is 0. The van der Waals surface area contributed by atoms with Crippen LogP contribution < -0.4 is 10.5 Å². The summed E-state index contributed by atoms with van der Waals surface area (Å²) in [7, 11) is -3.80. The standard InChI is InChI=1S/C15H17FN2O2S/c1-9-4-12(16)8-14(5-9)18-21(19,20)15-10(2)6-13(17)7-11(15)3/h4-8,18H,17H2,1-3H3. The molecule has 2 rings (SSSR count). The molecule has 6 heteroatoms. The highest BCUT2D eigenvalue weighted by atomic mass is 32.2. The molecule has 0 aliphatic carbocycles. The lowest BCUT2D eigenvalue weighted by Gasteiger charge is -2.14. The van der Waals surface area contributed by atoms with Gasteiger partial charge in [0.1, 0.15) is 5.82 Å². The lowest BCUT2D eigenvalue weighted by atomic mass is 10.1. The van der Waals surface area contributed by atoms with Crippen molar-refractivity contribution in [3.05, 3.63) is 52.8 Å². The van der Waals surface area contributed by atoms with E-state index >= 15 is 0 Å². The third kappa shape index (κ3) is 3.33. The summed E-state index contributed by atoms with van der Waals surface area (Å²) < 4.78 is 40.8. The third-order valence-corrected chi connectivity index (χ3v) is 4.73. The Labute approximate surface area is 123 Å². The van der Waals surface area contributed by atoms with Crippen molar-refractivity contribution in [1.29, 1.82) is 0 Å². The fraction of sp³-hybridized carbons (Fsp3) is 0.200. The molecule has 2 aromatic rings. The van der Waals surface area contributed by atoms with Crippen LogP contribution in [0.15, 0.2) is 35.2 Å². The normalized spacial score (nSPS) is 11.4. The number of sulfonamides is 1. The Morgan fingerprint density at radius 2 is 1.57 bits per heavy atom. The Hall–Kier alpha value is -2.08. The molecule has 0 fully saturated rings. The quantitative estimate of drug-likeness (QED) is 0.856. The fourth-order valence-corrected chi connectivity index (χ4v) is 3.90. The molecule has 0 heterocycles. The second kappa shape index (κ2) is 5.37. The summed E-state index contributed by atoms with van der Waals surface area (Å²) in [5.41, 5.74) is 8.14. The fourth-order valence-electron chi connectivity index (χ4n) is 2.41. The minimum atomic E-state index is -3.80. The Morgan fingerprint density at radius 1 is 1.00 bits per heavy atom. The molecule has 0 aliphatic heterocycles. The lowest BCUT2D eigenvalue weighted by molar-refractivity contribution is 0.600. The Kier molecular flexibility index (Phi) is 3.91. The van der Waals surface area contributed by atoms with Gasteiger partial charge < -0.3 is 5.73 Å². The first-order valence-electron chi connectivity index (χ1n) is 6.36. The number of hydrogen-bond donors (Lipinski definition) is 2. The molecule has 112 valence electrons. The molecule has 0 saturated carbocycles. The molecule has 0 aliphatic rings. The zero-order chi connectivity index (χ0) is 15.8. The van der Waals surface area contributed by atoms with Gasteiger partial charge in [-0.1, -0.05) is 0 Å². The predicted octanol–water partition coefficient (Wildman–Crippen LogP) is 3.13. The number of hydrogen-bond acceptors (Lipinski definition) is 3. The molecule has 0 bridgehead atoms. The number of anilines is 2. The summed E-state index contributed by atoms with van der Waals surface area (Å²) in [5.74, 6) is -0.488. The first kappa shape index (κ1) is 15.3. The maximum atomic E-state index is 13.4. The van der Waals surface area contributed by atoms with Crippen LogP contribution in [0.3, 0.4) is 0 Å². The highest BCUT2D eigenvalue weighted by molar-refractivity contribution is 7.92. The smallest absolute Gasteiger partial charge is 0.262 e. The zero-order valence-corrected chi connectivity index (χ0v) is 12.9. The molecule has 3 N–H and O–H groups in total. The van der Waals surface area contributed by atoms with Gasteiger partial charge >= 0.3 is 0 Å². The van der Waals surface area contributed by atoms with Gasteiger partial charge in [0, 0.05) is 5.69 Å². The van der Waals surface area contributed by atoms with Crippen LogP contribution in [0.1, 0.15) is 16.7 Å². The second-order valence-corrected chi connectivity index (χ2v) is 6.73. The van der Waals surface area contributed by atoms with Crippen LogP contribution in [0.4, 0.5) is 15.8 Å². The largest absolute Gasteiger partial charge is 0.399 e. The molecule has 21 heavy (non-hydrogen) atoms.